The van der Waals surface area contributed by atoms with E-state index in [9.17, 15) is 4.79 Å². The van der Waals surface area contributed by atoms with E-state index in [2.05, 4.69) is 10.6 Å². The van der Waals surface area contributed by atoms with Crippen LogP contribution < -0.4 is 24.8 Å². The predicted molar refractivity (Wildman–Crippen MR) is 79.1 cm³/mol. The summed E-state index contributed by atoms with van der Waals surface area (Å²) in [5, 5.41) is 5.57. The molecule has 1 aromatic carbocycles. The van der Waals surface area contributed by atoms with Gasteiger partial charge in [-0.1, -0.05) is 0 Å². The van der Waals surface area contributed by atoms with Gasteiger partial charge < -0.3 is 24.8 Å². The van der Waals surface area contributed by atoms with Crippen LogP contribution in [0.1, 0.15) is 5.56 Å². The highest BCUT2D eigenvalue weighted by molar-refractivity contribution is 5.85. The van der Waals surface area contributed by atoms with Crippen LogP contribution in [0.15, 0.2) is 12.1 Å². The quantitative estimate of drug-likeness (QED) is 0.785. The number of benzene rings is 1. The molecule has 1 amide bonds. The first-order valence-corrected chi connectivity index (χ1v) is 5.87. The lowest BCUT2D eigenvalue weighted by molar-refractivity contribution is -0.120. The summed E-state index contributed by atoms with van der Waals surface area (Å²) in [4.78, 5) is 11.4. The van der Waals surface area contributed by atoms with Gasteiger partial charge in [0.05, 0.1) is 27.9 Å². The van der Waals surface area contributed by atoms with Crippen molar-refractivity contribution in [2.45, 2.75) is 6.54 Å². The number of rotatable bonds is 7. The highest BCUT2D eigenvalue weighted by atomic mass is 35.5. The monoisotopic (exact) mass is 304 g/mol. The Bertz CT molecular complexity index is 441. The van der Waals surface area contributed by atoms with E-state index in [1.54, 1.807) is 34.4 Å². The fourth-order valence-corrected chi connectivity index (χ4v) is 1.72. The molecule has 0 heterocycles. The molecule has 0 aliphatic heterocycles. The Morgan fingerprint density at radius 1 is 1.10 bits per heavy atom. The van der Waals surface area contributed by atoms with Crippen LogP contribution in [-0.4, -0.2) is 40.8 Å². The first-order valence-electron chi connectivity index (χ1n) is 5.87. The highest BCUT2D eigenvalue weighted by Gasteiger charge is 2.15. The number of hydrogen-bond donors (Lipinski definition) is 2. The Kier molecular flexibility index (Phi) is 8.51. The van der Waals surface area contributed by atoms with Crippen molar-refractivity contribution < 1.29 is 19.0 Å². The summed E-state index contributed by atoms with van der Waals surface area (Å²) in [6, 6.07) is 3.61. The molecule has 0 unspecified atom stereocenters. The lowest BCUT2D eigenvalue weighted by Crippen LogP contribution is -2.31. The number of likely N-dealkylation sites (N-methyl/N-ethyl adjacent to an activating group) is 1. The van der Waals surface area contributed by atoms with Crippen LogP contribution >= 0.6 is 12.4 Å². The van der Waals surface area contributed by atoms with Crippen molar-refractivity contribution in [1.29, 1.82) is 0 Å². The van der Waals surface area contributed by atoms with E-state index in [-0.39, 0.29) is 24.9 Å². The number of hydrogen-bond acceptors (Lipinski definition) is 5. The maximum atomic E-state index is 11.4. The van der Waals surface area contributed by atoms with Crippen LogP contribution in [0.5, 0.6) is 17.2 Å². The fourth-order valence-electron chi connectivity index (χ4n) is 1.72. The third-order valence-corrected chi connectivity index (χ3v) is 2.60. The van der Waals surface area contributed by atoms with Crippen molar-refractivity contribution in [3.8, 4) is 17.2 Å². The molecule has 7 heteroatoms. The van der Waals surface area contributed by atoms with Crippen molar-refractivity contribution in [3.63, 3.8) is 0 Å². The van der Waals surface area contributed by atoms with Gasteiger partial charge in [-0.3, -0.25) is 4.79 Å². The topological polar surface area (TPSA) is 68.8 Å². The molecule has 0 fully saturated rings. The summed E-state index contributed by atoms with van der Waals surface area (Å²) in [6.07, 6.45) is 0. The lowest BCUT2D eigenvalue weighted by Gasteiger charge is -2.16. The number of ether oxygens (including phenoxy) is 3. The summed E-state index contributed by atoms with van der Waals surface area (Å²) in [7, 11) is 6.38. The van der Waals surface area contributed by atoms with Gasteiger partial charge in [0.25, 0.3) is 0 Å². The van der Waals surface area contributed by atoms with Gasteiger partial charge in [0.15, 0.2) is 11.5 Å². The number of carbonyl (C=O) groups excluding carboxylic acids is 1. The number of halogens is 1. The Labute approximate surface area is 125 Å². The number of methoxy groups -OCH3 is 3. The van der Waals surface area contributed by atoms with E-state index in [1.807, 2.05) is 6.07 Å². The zero-order valence-electron chi connectivity index (χ0n) is 12.1. The second-order valence-corrected chi connectivity index (χ2v) is 3.80. The van der Waals surface area contributed by atoms with Crippen LogP contribution in [0.2, 0.25) is 0 Å². The van der Waals surface area contributed by atoms with Crippen LogP contribution in [0, 0.1) is 0 Å². The molecule has 0 radical (unpaired) electrons. The molecule has 1 aromatic rings. The van der Waals surface area contributed by atoms with E-state index < -0.39 is 0 Å². The minimum absolute atomic E-state index is 0. The minimum atomic E-state index is -0.0839. The van der Waals surface area contributed by atoms with Crippen LogP contribution in [0.25, 0.3) is 0 Å². The molecule has 0 bridgehead atoms. The molecule has 0 spiro atoms. The molecule has 0 saturated carbocycles. The smallest absolute Gasteiger partial charge is 0.234 e. The van der Waals surface area contributed by atoms with Crippen molar-refractivity contribution in [2.24, 2.45) is 0 Å². The van der Waals surface area contributed by atoms with Gasteiger partial charge in [0.1, 0.15) is 0 Å². The van der Waals surface area contributed by atoms with E-state index in [4.69, 9.17) is 14.2 Å². The standard InChI is InChI=1S/C13H20N2O4.ClH/c1-14-8-11(16)15-7-9-5-6-10(17-2)13(19-4)12(9)18-3;/h5-6,14H,7-8H2,1-4H3,(H,15,16);1H. The molecule has 2 N–H and O–H groups in total. The molecule has 20 heavy (non-hydrogen) atoms. The summed E-state index contributed by atoms with van der Waals surface area (Å²) in [6.45, 7) is 0.639. The third kappa shape index (κ3) is 4.47. The number of carbonyl (C=O) groups is 1. The second-order valence-electron chi connectivity index (χ2n) is 3.80. The maximum absolute atomic E-state index is 11.4. The molecule has 0 aromatic heterocycles. The average Bonchev–Trinajstić information content (AvgIpc) is 2.43. The van der Waals surface area contributed by atoms with E-state index >= 15 is 0 Å². The zero-order chi connectivity index (χ0) is 14.3. The van der Waals surface area contributed by atoms with E-state index in [1.165, 1.54) is 0 Å². The molecule has 1 rings (SSSR count). The van der Waals surface area contributed by atoms with Crippen molar-refractivity contribution in [3.05, 3.63) is 17.7 Å². The molecule has 0 atom stereocenters. The first kappa shape index (κ1) is 18.3. The van der Waals surface area contributed by atoms with E-state index in [0.29, 0.717) is 23.8 Å². The third-order valence-electron chi connectivity index (χ3n) is 2.60. The van der Waals surface area contributed by atoms with Crippen molar-refractivity contribution in [2.75, 3.05) is 34.9 Å². The highest BCUT2D eigenvalue weighted by Crippen LogP contribution is 2.39. The molecule has 0 saturated heterocycles. The van der Waals surface area contributed by atoms with Gasteiger partial charge >= 0.3 is 0 Å². The summed E-state index contributed by atoms with van der Waals surface area (Å²) < 4.78 is 15.8. The Morgan fingerprint density at radius 2 is 1.75 bits per heavy atom. The molecule has 6 nitrogen and oxygen atoms in total. The summed E-state index contributed by atoms with van der Waals surface area (Å²) in [5.41, 5.74) is 0.824. The van der Waals surface area contributed by atoms with Gasteiger partial charge in [0.2, 0.25) is 11.7 Å². The van der Waals surface area contributed by atoms with E-state index in [0.717, 1.165) is 5.56 Å². The Morgan fingerprint density at radius 3 is 2.25 bits per heavy atom. The van der Waals surface area contributed by atoms with Crippen molar-refractivity contribution in [1.82, 2.24) is 10.6 Å². The van der Waals surface area contributed by atoms with Gasteiger partial charge in [-0.25, -0.2) is 0 Å². The van der Waals surface area contributed by atoms with Crippen LogP contribution in [-0.2, 0) is 11.3 Å². The predicted octanol–water partition coefficient (Wildman–Crippen LogP) is 0.970. The largest absolute Gasteiger partial charge is 0.493 e. The Balaban J connectivity index is 0.00000361. The minimum Gasteiger partial charge on any atom is -0.493 e. The normalized spacial score (nSPS) is 9.40. The molecule has 0 aliphatic carbocycles. The van der Waals surface area contributed by atoms with Crippen LogP contribution in [0.3, 0.4) is 0 Å². The zero-order valence-corrected chi connectivity index (χ0v) is 12.9. The number of amides is 1. The second kappa shape index (κ2) is 9.28. The van der Waals surface area contributed by atoms with Crippen molar-refractivity contribution >= 4 is 18.3 Å². The van der Waals surface area contributed by atoms with Gasteiger partial charge in [-0.05, 0) is 19.2 Å². The lowest BCUT2D eigenvalue weighted by atomic mass is 10.1. The number of nitrogens with one attached hydrogen (secondary N) is 2. The Hall–Kier alpha value is -1.66. The summed E-state index contributed by atoms with van der Waals surface area (Å²) in [5.74, 6) is 1.58. The van der Waals surface area contributed by atoms with Gasteiger partial charge in [-0.2, -0.15) is 0 Å². The molecule has 114 valence electrons. The first-order chi connectivity index (χ1) is 9.17. The average molecular weight is 305 g/mol. The summed E-state index contributed by atoms with van der Waals surface area (Å²) >= 11 is 0. The fraction of sp³-hybridized carbons (Fsp3) is 0.462. The van der Waals surface area contributed by atoms with Gasteiger partial charge in [0, 0.05) is 12.1 Å². The SMILES string of the molecule is CNCC(=O)NCc1ccc(OC)c(OC)c1OC.Cl. The molecular weight excluding hydrogens is 284 g/mol. The maximum Gasteiger partial charge on any atom is 0.234 e. The molecule has 0 aliphatic rings. The van der Waals surface area contributed by atoms with Gasteiger partial charge in [-0.15, -0.1) is 12.4 Å². The van der Waals surface area contributed by atoms with Crippen LogP contribution in [0.4, 0.5) is 0 Å². The molecular formula is C13H21ClN2O4.